The van der Waals surface area contributed by atoms with Crippen molar-refractivity contribution in [1.29, 1.82) is 0 Å². The van der Waals surface area contributed by atoms with E-state index >= 15 is 0 Å². The van der Waals surface area contributed by atoms with Crippen LogP contribution in [-0.2, 0) is 9.53 Å². The number of hydrogen-bond donors (Lipinski definition) is 0. The highest BCUT2D eigenvalue weighted by atomic mass is 16.6. The normalized spacial score (nSPS) is 12.5. The van der Waals surface area contributed by atoms with E-state index in [1.165, 1.54) is 7.11 Å². The first-order valence-electron chi connectivity index (χ1n) is 6.35. The van der Waals surface area contributed by atoms with Crippen LogP contribution in [0.3, 0.4) is 0 Å². The Kier molecular flexibility index (Phi) is 3.06. The molecule has 20 heavy (non-hydrogen) atoms. The van der Waals surface area contributed by atoms with Gasteiger partial charge in [-0.15, -0.1) is 0 Å². The van der Waals surface area contributed by atoms with Crippen LogP contribution < -0.4 is 4.74 Å². The minimum atomic E-state index is -0.643. The maximum Gasteiger partial charge on any atom is 0.346 e. The van der Waals surface area contributed by atoms with Crippen molar-refractivity contribution in [1.82, 2.24) is 0 Å². The number of ether oxygens (including phenoxy) is 2. The highest BCUT2D eigenvalue weighted by Gasteiger charge is 2.15. The average Bonchev–Trinajstić information content (AvgIpc) is 2.84. The van der Waals surface area contributed by atoms with Crippen molar-refractivity contribution in [3.63, 3.8) is 0 Å². The van der Waals surface area contributed by atoms with Gasteiger partial charge in [-0.1, -0.05) is 18.2 Å². The van der Waals surface area contributed by atoms with Gasteiger partial charge in [-0.05, 0) is 31.2 Å². The molecule has 0 saturated carbocycles. The topological polar surface area (TPSA) is 48.7 Å². The molecule has 0 aliphatic heterocycles. The summed E-state index contributed by atoms with van der Waals surface area (Å²) in [6, 6.07) is 13.3. The van der Waals surface area contributed by atoms with Crippen LogP contribution in [0.4, 0.5) is 0 Å². The first-order chi connectivity index (χ1) is 9.69. The summed E-state index contributed by atoms with van der Waals surface area (Å²) >= 11 is 0. The second-order valence-corrected chi connectivity index (χ2v) is 4.54. The summed E-state index contributed by atoms with van der Waals surface area (Å²) in [6.07, 6.45) is -0.643. The van der Waals surface area contributed by atoms with Gasteiger partial charge in [-0.2, -0.15) is 0 Å². The average molecular weight is 270 g/mol. The number of methoxy groups -OCH3 is 1. The molecule has 102 valence electrons. The van der Waals surface area contributed by atoms with Crippen LogP contribution in [0, 0.1) is 0 Å². The number of benzene rings is 2. The Morgan fingerprint density at radius 1 is 1.10 bits per heavy atom. The van der Waals surface area contributed by atoms with Crippen molar-refractivity contribution in [2.24, 2.45) is 0 Å². The smallest absolute Gasteiger partial charge is 0.346 e. The van der Waals surface area contributed by atoms with E-state index < -0.39 is 12.1 Å². The maximum absolute atomic E-state index is 11.4. The lowest BCUT2D eigenvalue weighted by atomic mass is 10.1. The molecule has 0 aliphatic rings. The zero-order valence-corrected chi connectivity index (χ0v) is 11.3. The van der Waals surface area contributed by atoms with Crippen LogP contribution in [0.2, 0.25) is 0 Å². The van der Waals surface area contributed by atoms with E-state index in [9.17, 15) is 4.79 Å². The Bertz CT molecular complexity index is 772. The van der Waals surface area contributed by atoms with Gasteiger partial charge in [-0.3, -0.25) is 0 Å². The third kappa shape index (κ3) is 2.09. The lowest BCUT2D eigenvalue weighted by Gasteiger charge is -2.12. The summed E-state index contributed by atoms with van der Waals surface area (Å²) in [4.78, 5) is 11.4. The number of rotatable bonds is 3. The van der Waals surface area contributed by atoms with Crippen molar-refractivity contribution in [2.45, 2.75) is 13.0 Å². The maximum atomic E-state index is 11.4. The van der Waals surface area contributed by atoms with E-state index in [4.69, 9.17) is 9.15 Å². The number of carbonyl (C=O) groups is 1. The van der Waals surface area contributed by atoms with Gasteiger partial charge in [0.15, 0.2) is 6.10 Å². The Labute approximate surface area is 115 Å². The number of hydrogen-bond acceptors (Lipinski definition) is 4. The van der Waals surface area contributed by atoms with Crippen LogP contribution >= 0.6 is 0 Å². The third-order valence-corrected chi connectivity index (χ3v) is 3.19. The molecule has 0 saturated heterocycles. The van der Waals surface area contributed by atoms with Crippen molar-refractivity contribution >= 4 is 27.9 Å². The molecule has 0 fully saturated rings. The van der Waals surface area contributed by atoms with Gasteiger partial charge in [0.1, 0.15) is 16.9 Å². The standard InChI is InChI=1S/C16H14O4/c1-10(16(17)18-2)19-11-7-8-15-13(9-11)12-5-3-4-6-14(12)20-15/h3-10H,1-2H3/t10-/m1/s1. The van der Waals surface area contributed by atoms with Crippen LogP contribution in [0.1, 0.15) is 6.92 Å². The van der Waals surface area contributed by atoms with Crippen molar-refractivity contribution in [2.75, 3.05) is 7.11 Å². The molecule has 0 spiro atoms. The van der Waals surface area contributed by atoms with E-state index in [-0.39, 0.29) is 0 Å². The molecule has 3 aromatic rings. The highest BCUT2D eigenvalue weighted by molar-refractivity contribution is 6.05. The second-order valence-electron chi connectivity index (χ2n) is 4.54. The zero-order valence-electron chi connectivity index (χ0n) is 11.3. The summed E-state index contributed by atoms with van der Waals surface area (Å²) in [5.41, 5.74) is 1.63. The quantitative estimate of drug-likeness (QED) is 0.683. The van der Waals surface area contributed by atoms with Crippen LogP contribution in [-0.4, -0.2) is 19.2 Å². The number of para-hydroxylation sites is 1. The molecule has 1 atom stereocenters. The molecule has 2 aromatic carbocycles. The van der Waals surface area contributed by atoms with Crippen molar-refractivity contribution < 1.29 is 18.7 Å². The highest BCUT2D eigenvalue weighted by Crippen LogP contribution is 2.31. The van der Waals surface area contributed by atoms with E-state index in [2.05, 4.69) is 4.74 Å². The largest absolute Gasteiger partial charge is 0.479 e. The fourth-order valence-electron chi connectivity index (χ4n) is 2.20. The molecule has 0 N–H and O–H groups in total. The molecule has 1 aromatic heterocycles. The molecule has 1 heterocycles. The van der Waals surface area contributed by atoms with Gasteiger partial charge in [0, 0.05) is 10.8 Å². The summed E-state index contributed by atoms with van der Waals surface area (Å²) in [5.74, 6) is 0.212. The first-order valence-corrected chi connectivity index (χ1v) is 6.35. The zero-order chi connectivity index (χ0) is 14.1. The van der Waals surface area contributed by atoms with E-state index in [1.807, 2.05) is 36.4 Å². The summed E-state index contributed by atoms with van der Waals surface area (Å²) in [7, 11) is 1.34. The van der Waals surface area contributed by atoms with Gasteiger partial charge < -0.3 is 13.9 Å². The van der Waals surface area contributed by atoms with Gasteiger partial charge in [0.05, 0.1) is 7.11 Å². The monoisotopic (exact) mass is 270 g/mol. The molecule has 0 bridgehead atoms. The molecule has 0 aliphatic carbocycles. The lowest BCUT2D eigenvalue weighted by molar-refractivity contribution is -0.147. The predicted octanol–water partition coefficient (Wildman–Crippen LogP) is 3.53. The molecule has 0 amide bonds. The van der Waals surface area contributed by atoms with Crippen molar-refractivity contribution in [3.8, 4) is 5.75 Å². The molecule has 4 heteroatoms. The van der Waals surface area contributed by atoms with Gasteiger partial charge >= 0.3 is 5.97 Å². The third-order valence-electron chi connectivity index (χ3n) is 3.19. The van der Waals surface area contributed by atoms with Gasteiger partial charge in [0.25, 0.3) is 0 Å². The first kappa shape index (κ1) is 12.5. The Balaban J connectivity index is 2.01. The minimum Gasteiger partial charge on any atom is -0.479 e. The van der Waals surface area contributed by atoms with Gasteiger partial charge in [-0.25, -0.2) is 4.79 Å². The number of carbonyl (C=O) groups excluding carboxylic acids is 1. The molecule has 0 radical (unpaired) electrons. The number of furan rings is 1. The Morgan fingerprint density at radius 2 is 1.85 bits per heavy atom. The Morgan fingerprint density at radius 3 is 2.65 bits per heavy atom. The van der Waals surface area contributed by atoms with E-state index in [0.717, 1.165) is 21.9 Å². The van der Waals surface area contributed by atoms with Crippen LogP contribution in [0.25, 0.3) is 21.9 Å². The molecule has 3 rings (SSSR count). The molecule has 4 nitrogen and oxygen atoms in total. The minimum absolute atomic E-state index is 0.401. The molecule has 0 unspecified atom stereocenters. The second kappa shape index (κ2) is 4.89. The van der Waals surface area contributed by atoms with Crippen molar-refractivity contribution in [3.05, 3.63) is 42.5 Å². The van der Waals surface area contributed by atoms with E-state index in [1.54, 1.807) is 13.0 Å². The van der Waals surface area contributed by atoms with E-state index in [0.29, 0.717) is 5.75 Å². The van der Waals surface area contributed by atoms with Gasteiger partial charge in [0.2, 0.25) is 0 Å². The van der Waals surface area contributed by atoms with Crippen LogP contribution in [0.15, 0.2) is 46.9 Å². The number of esters is 1. The summed E-state index contributed by atoms with van der Waals surface area (Å²) in [6.45, 7) is 1.66. The molecular weight excluding hydrogens is 256 g/mol. The SMILES string of the molecule is COC(=O)[C@@H](C)Oc1ccc2oc3ccccc3c2c1. The number of fused-ring (bicyclic) bond motifs is 3. The fraction of sp³-hybridized carbons (Fsp3) is 0.188. The fourth-order valence-corrected chi connectivity index (χ4v) is 2.20. The lowest BCUT2D eigenvalue weighted by Crippen LogP contribution is -2.24. The predicted molar refractivity (Wildman–Crippen MR) is 75.8 cm³/mol. The van der Waals surface area contributed by atoms with Crippen LogP contribution in [0.5, 0.6) is 5.75 Å². The Hall–Kier alpha value is -2.49. The summed E-state index contributed by atoms with van der Waals surface area (Å²) < 4.78 is 16.0. The summed E-state index contributed by atoms with van der Waals surface area (Å²) in [5, 5.41) is 1.99. The molecular formula is C16H14O4.